The number of nitrogens with one attached hydrogen (secondary N) is 2. The number of amides is 2. The van der Waals surface area contributed by atoms with Crippen molar-refractivity contribution in [3.63, 3.8) is 0 Å². The lowest BCUT2D eigenvalue weighted by molar-refractivity contribution is -0.136. The van der Waals surface area contributed by atoms with Crippen molar-refractivity contribution in [3.8, 4) is 0 Å². The molecule has 4 unspecified atom stereocenters. The molecule has 0 radical (unpaired) electrons. The van der Waals surface area contributed by atoms with Crippen LogP contribution in [0.3, 0.4) is 0 Å². The number of carbonyl (C=O) groups is 2. The fourth-order valence-electron chi connectivity index (χ4n) is 8.51. The number of likely N-dealkylation sites (tertiary alicyclic amines) is 2. The van der Waals surface area contributed by atoms with E-state index in [1.807, 2.05) is 41.5 Å². The summed E-state index contributed by atoms with van der Waals surface area (Å²) in [7, 11) is 0. The summed E-state index contributed by atoms with van der Waals surface area (Å²) >= 11 is 0. The zero-order chi connectivity index (χ0) is 43.2. The molecule has 5 rings (SSSR count). The lowest BCUT2D eigenvalue weighted by Gasteiger charge is -2.27. The summed E-state index contributed by atoms with van der Waals surface area (Å²) in [4.78, 5) is 27.9. The van der Waals surface area contributed by atoms with Crippen LogP contribution in [0.1, 0.15) is 185 Å². The van der Waals surface area contributed by atoms with Crippen molar-refractivity contribution in [1.82, 2.24) is 20.4 Å². The second-order valence-corrected chi connectivity index (χ2v) is 19.9. The normalized spacial score (nSPS) is 21.8. The number of halogens is 2. The first-order valence-corrected chi connectivity index (χ1v) is 23.3. The molecule has 4 fully saturated rings. The monoisotopic (exact) mass is 805 g/mol. The molecule has 1 aromatic carbocycles. The van der Waals surface area contributed by atoms with E-state index in [0.717, 1.165) is 43.1 Å². The molecule has 0 saturated carbocycles. The molecule has 2 N–H and O–H groups in total. The molecule has 2 amide bonds. The van der Waals surface area contributed by atoms with Gasteiger partial charge in [0.25, 0.3) is 0 Å². The van der Waals surface area contributed by atoms with Crippen LogP contribution in [0.4, 0.5) is 8.78 Å². The fraction of sp³-hybridized carbons (Fsp3) is 0.837. The highest BCUT2D eigenvalue weighted by Crippen LogP contribution is 2.26. The second-order valence-electron chi connectivity index (χ2n) is 19.9. The molecule has 0 aromatic heterocycles. The van der Waals surface area contributed by atoms with E-state index in [1.54, 1.807) is 6.07 Å². The van der Waals surface area contributed by atoms with Gasteiger partial charge < -0.3 is 20.4 Å². The highest BCUT2D eigenvalue weighted by molar-refractivity contribution is 5.79. The van der Waals surface area contributed by atoms with Gasteiger partial charge in [-0.15, -0.1) is 0 Å². The summed E-state index contributed by atoms with van der Waals surface area (Å²) in [6.45, 7) is 34.2. The van der Waals surface area contributed by atoms with E-state index in [4.69, 9.17) is 0 Å². The Labute approximate surface area is 350 Å². The first-order valence-electron chi connectivity index (χ1n) is 23.3. The van der Waals surface area contributed by atoms with Gasteiger partial charge in [0.2, 0.25) is 11.8 Å². The first-order chi connectivity index (χ1) is 26.7. The molecule has 4 aliphatic rings. The van der Waals surface area contributed by atoms with E-state index in [2.05, 4.69) is 75.8 Å². The maximum atomic E-state index is 12.9. The molecule has 8 heteroatoms. The van der Waals surface area contributed by atoms with E-state index in [0.29, 0.717) is 41.3 Å². The van der Waals surface area contributed by atoms with Crippen molar-refractivity contribution in [2.75, 3.05) is 26.2 Å². The zero-order valence-electron chi connectivity index (χ0n) is 39.4. The van der Waals surface area contributed by atoms with Crippen LogP contribution < -0.4 is 10.6 Å². The Kier molecular flexibility index (Phi) is 26.4. The number of benzene rings is 1. The molecule has 4 saturated heterocycles. The van der Waals surface area contributed by atoms with Crippen LogP contribution in [0.2, 0.25) is 0 Å². The average Bonchev–Trinajstić information content (AvgIpc) is 3.96. The summed E-state index contributed by atoms with van der Waals surface area (Å²) in [5.41, 5.74) is 0.435. The Balaban J connectivity index is 0.000000361. The van der Waals surface area contributed by atoms with Gasteiger partial charge >= 0.3 is 0 Å². The predicted octanol–water partition coefficient (Wildman–Crippen LogP) is 12.0. The Morgan fingerprint density at radius 3 is 1.25 bits per heavy atom. The lowest BCUT2D eigenvalue weighted by Crippen LogP contribution is -2.38. The molecule has 4 heterocycles. The van der Waals surface area contributed by atoms with Gasteiger partial charge in [0.15, 0.2) is 11.6 Å². The number of hydrogen-bond donors (Lipinski definition) is 2. The number of hydrogen-bond acceptors (Lipinski definition) is 4. The van der Waals surface area contributed by atoms with Crippen molar-refractivity contribution in [1.29, 1.82) is 0 Å². The van der Waals surface area contributed by atoms with Gasteiger partial charge in [-0.25, -0.2) is 8.78 Å². The number of carbonyl (C=O) groups excluding carboxylic acids is 2. The summed E-state index contributed by atoms with van der Waals surface area (Å²) in [5, 5.41) is 6.98. The Bertz CT molecular complexity index is 1160. The fourth-order valence-corrected chi connectivity index (χ4v) is 8.51. The third-order valence-corrected chi connectivity index (χ3v) is 11.2. The Hall–Kier alpha value is -2.06. The maximum Gasteiger partial charge on any atom is 0.225 e. The first kappa shape index (κ1) is 53.0. The van der Waals surface area contributed by atoms with Crippen molar-refractivity contribution < 1.29 is 18.4 Å². The van der Waals surface area contributed by atoms with Crippen molar-refractivity contribution in [2.24, 2.45) is 35.5 Å². The lowest BCUT2D eigenvalue weighted by atomic mass is 10.0. The minimum Gasteiger partial charge on any atom is -0.339 e. The molecular weight excluding hydrogens is 715 g/mol. The van der Waals surface area contributed by atoms with Crippen LogP contribution in [-0.4, -0.2) is 72.0 Å². The minimum absolute atomic E-state index is 0.0331. The molecule has 0 spiro atoms. The zero-order valence-corrected chi connectivity index (χ0v) is 39.4. The number of nitrogens with zero attached hydrogens (tertiary/aromatic N) is 2. The Morgan fingerprint density at radius 2 is 0.965 bits per heavy atom. The van der Waals surface area contributed by atoms with Gasteiger partial charge in [-0.3, -0.25) is 9.59 Å². The van der Waals surface area contributed by atoms with Crippen molar-refractivity contribution >= 4 is 11.8 Å². The van der Waals surface area contributed by atoms with Crippen molar-refractivity contribution in [3.05, 3.63) is 35.4 Å². The molecule has 4 atom stereocenters. The maximum absolute atomic E-state index is 12.9. The SMILES string of the molecule is CC(C)CC1CCCN1.CC(C)CC1CCCN1.CC(C)CC1CCCN1C(=O)C(C)C.CC(C)CC1CCCN1C(=O)C(C)C.CC(C)c1cccc(F)c1F. The third kappa shape index (κ3) is 21.7. The quantitative estimate of drug-likeness (QED) is 0.234. The van der Waals surface area contributed by atoms with Gasteiger partial charge in [-0.05, 0) is 131 Å². The van der Waals surface area contributed by atoms with Crippen LogP contribution in [0.5, 0.6) is 0 Å². The topological polar surface area (TPSA) is 64.7 Å². The van der Waals surface area contributed by atoms with E-state index < -0.39 is 11.6 Å². The van der Waals surface area contributed by atoms with Gasteiger partial charge in [0, 0.05) is 49.1 Å². The summed E-state index contributed by atoms with van der Waals surface area (Å²) in [6.07, 6.45) is 15.4. The van der Waals surface area contributed by atoms with Crippen LogP contribution in [0, 0.1) is 47.1 Å². The predicted molar refractivity (Wildman–Crippen MR) is 239 cm³/mol. The van der Waals surface area contributed by atoms with Gasteiger partial charge in [0.05, 0.1) is 0 Å². The second kappa shape index (κ2) is 28.4. The van der Waals surface area contributed by atoms with Crippen LogP contribution >= 0.6 is 0 Å². The molecular formula is C49H90F2N4O2. The van der Waals surface area contributed by atoms with Crippen molar-refractivity contribution in [2.45, 2.75) is 204 Å². The molecule has 0 aliphatic carbocycles. The summed E-state index contributed by atoms with van der Waals surface area (Å²) in [5.74, 6) is 2.65. The molecule has 6 nitrogen and oxygen atoms in total. The Morgan fingerprint density at radius 1 is 0.579 bits per heavy atom. The molecule has 57 heavy (non-hydrogen) atoms. The van der Waals surface area contributed by atoms with E-state index >= 15 is 0 Å². The van der Waals surface area contributed by atoms with E-state index in [9.17, 15) is 18.4 Å². The standard InChI is InChI=1S/2C12H23NO.C9H10F2.2C8H17N/c2*1-9(2)8-11-6-5-7-13(11)12(14)10(3)4;1-6(2)7-4-3-5-8(10)9(7)11;2*1-7(2)6-8-4-3-5-9-8/h2*9-11H,5-8H2,1-4H3;3-6H,1-2H3;2*7-9H,3-6H2,1-2H3. The average molecular weight is 805 g/mol. The molecule has 0 bridgehead atoms. The third-order valence-electron chi connectivity index (χ3n) is 11.2. The smallest absolute Gasteiger partial charge is 0.225 e. The van der Waals surface area contributed by atoms with Gasteiger partial charge in [-0.1, -0.05) is 109 Å². The van der Waals surface area contributed by atoms with E-state index in [1.165, 1.54) is 96.2 Å². The highest BCUT2D eigenvalue weighted by atomic mass is 19.2. The van der Waals surface area contributed by atoms with Gasteiger partial charge in [0.1, 0.15) is 0 Å². The largest absolute Gasteiger partial charge is 0.339 e. The van der Waals surface area contributed by atoms with Crippen LogP contribution in [0.15, 0.2) is 18.2 Å². The summed E-state index contributed by atoms with van der Waals surface area (Å²) < 4.78 is 25.4. The summed E-state index contributed by atoms with van der Waals surface area (Å²) in [6, 6.07) is 6.96. The highest BCUT2D eigenvalue weighted by Gasteiger charge is 2.31. The molecule has 4 aliphatic heterocycles. The van der Waals surface area contributed by atoms with E-state index in [-0.39, 0.29) is 17.8 Å². The van der Waals surface area contributed by atoms with Crippen LogP contribution in [0.25, 0.3) is 0 Å². The number of rotatable bonds is 11. The molecule has 332 valence electrons. The van der Waals surface area contributed by atoms with Gasteiger partial charge in [-0.2, -0.15) is 0 Å². The minimum atomic E-state index is -0.767. The van der Waals surface area contributed by atoms with Crippen LogP contribution in [-0.2, 0) is 9.59 Å². The molecule has 1 aromatic rings.